The number of halogens is 2. The van der Waals surface area contributed by atoms with Gasteiger partial charge in [0.25, 0.3) is 0 Å². The summed E-state index contributed by atoms with van der Waals surface area (Å²) in [6, 6.07) is 11.3. The fourth-order valence-corrected chi connectivity index (χ4v) is 4.58. The average molecular weight is 459 g/mol. The van der Waals surface area contributed by atoms with Crippen molar-refractivity contribution < 1.29 is 17.6 Å². The predicted molar refractivity (Wildman–Crippen MR) is 119 cm³/mol. The molecule has 0 aliphatic carbocycles. The number of sulfonamides is 1. The molecule has 0 atom stereocenters. The molecule has 29 heavy (non-hydrogen) atoms. The Morgan fingerprint density at radius 3 is 2.55 bits per heavy atom. The van der Waals surface area contributed by atoms with E-state index in [0.29, 0.717) is 22.8 Å². The predicted octanol–water partition coefficient (Wildman–Crippen LogP) is 3.99. The summed E-state index contributed by atoms with van der Waals surface area (Å²) in [5.74, 6) is 0.959. The van der Waals surface area contributed by atoms with Gasteiger partial charge in [-0.25, -0.2) is 12.8 Å². The van der Waals surface area contributed by atoms with E-state index >= 15 is 0 Å². The van der Waals surface area contributed by atoms with Crippen LogP contribution in [0.4, 0.5) is 10.1 Å². The maximum absolute atomic E-state index is 12.9. The Balaban J connectivity index is 1.80. The van der Waals surface area contributed by atoms with Crippen molar-refractivity contribution in [2.45, 2.75) is 19.1 Å². The number of anilines is 1. The number of amides is 1. The van der Waals surface area contributed by atoms with E-state index in [2.05, 4.69) is 5.32 Å². The van der Waals surface area contributed by atoms with Crippen molar-refractivity contribution in [1.29, 1.82) is 0 Å². The standard InChI is InChI=1S/C20H24ClFN2O3S2/c1-15-4-7-17(21)12-19(15)24(29(2,26)27)13-20(25)23-10-3-11-28-14-16-5-8-18(22)9-6-16/h4-9,12H,3,10-11,13-14H2,1-2H3,(H,23,25). The molecule has 2 rings (SSSR count). The van der Waals surface area contributed by atoms with Crippen LogP contribution in [0, 0.1) is 12.7 Å². The molecule has 158 valence electrons. The Morgan fingerprint density at radius 1 is 1.21 bits per heavy atom. The second kappa shape index (κ2) is 10.8. The lowest BCUT2D eigenvalue weighted by Crippen LogP contribution is -2.41. The van der Waals surface area contributed by atoms with Crippen molar-refractivity contribution in [1.82, 2.24) is 5.32 Å². The third kappa shape index (κ3) is 7.87. The second-order valence-electron chi connectivity index (χ2n) is 6.58. The third-order valence-corrected chi connectivity index (χ3v) is 6.57. The molecule has 0 saturated heterocycles. The quantitative estimate of drug-likeness (QED) is 0.546. The molecule has 9 heteroatoms. The molecule has 0 heterocycles. The molecule has 0 fully saturated rings. The van der Waals surface area contributed by atoms with E-state index in [4.69, 9.17) is 11.6 Å². The van der Waals surface area contributed by atoms with Crippen molar-refractivity contribution in [2.75, 3.05) is 29.4 Å². The lowest BCUT2D eigenvalue weighted by molar-refractivity contribution is -0.119. The topological polar surface area (TPSA) is 66.5 Å². The molecule has 0 aromatic heterocycles. The maximum atomic E-state index is 12.9. The second-order valence-corrected chi connectivity index (χ2v) is 10.0. The van der Waals surface area contributed by atoms with Gasteiger partial charge in [-0.05, 0) is 54.5 Å². The summed E-state index contributed by atoms with van der Waals surface area (Å²) in [5, 5.41) is 3.16. The van der Waals surface area contributed by atoms with Crippen molar-refractivity contribution in [3.05, 3.63) is 64.4 Å². The van der Waals surface area contributed by atoms with Crippen LogP contribution in [-0.4, -0.2) is 39.4 Å². The Labute approximate surface area is 180 Å². The van der Waals surface area contributed by atoms with Crippen LogP contribution < -0.4 is 9.62 Å². The monoisotopic (exact) mass is 458 g/mol. The van der Waals surface area contributed by atoms with E-state index < -0.39 is 10.0 Å². The largest absolute Gasteiger partial charge is 0.354 e. The first-order valence-electron chi connectivity index (χ1n) is 8.99. The highest BCUT2D eigenvalue weighted by atomic mass is 35.5. The van der Waals surface area contributed by atoms with E-state index in [1.165, 1.54) is 18.2 Å². The first-order valence-corrected chi connectivity index (χ1v) is 12.4. The molecule has 0 bridgehead atoms. The summed E-state index contributed by atoms with van der Waals surface area (Å²) in [6.07, 6.45) is 1.80. The number of thioether (sulfide) groups is 1. The highest BCUT2D eigenvalue weighted by Crippen LogP contribution is 2.26. The third-order valence-electron chi connectivity index (χ3n) is 4.10. The van der Waals surface area contributed by atoms with Crippen LogP contribution in [0.5, 0.6) is 0 Å². The highest BCUT2D eigenvalue weighted by Gasteiger charge is 2.22. The summed E-state index contributed by atoms with van der Waals surface area (Å²) in [5.41, 5.74) is 2.15. The lowest BCUT2D eigenvalue weighted by atomic mass is 10.2. The molecule has 2 aromatic rings. The molecule has 0 saturated carbocycles. The first-order chi connectivity index (χ1) is 13.7. The smallest absolute Gasteiger partial charge is 0.240 e. The van der Waals surface area contributed by atoms with Crippen LogP contribution in [0.15, 0.2) is 42.5 Å². The number of nitrogens with one attached hydrogen (secondary N) is 1. The summed E-state index contributed by atoms with van der Waals surface area (Å²) in [4.78, 5) is 12.3. The van der Waals surface area contributed by atoms with Gasteiger partial charge in [0.05, 0.1) is 11.9 Å². The number of hydrogen-bond acceptors (Lipinski definition) is 4. The number of rotatable bonds is 10. The zero-order chi connectivity index (χ0) is 21.4. The van der Waals surface area contributed by atoms with Gasteiger partial charge in [-0.1, -0.05) is 29.8 Å². The first kappa shape index (κ1) is 23.5. The molecule has 2 aromatic carbocycles. The van der Waals surface area contributed by atoms with E-state index in [0.717, 1.165) is 34.1 Å². The Hall–Kier alpha value is -1.77. The zero-order valence-electron chi connectivity index (χ0n) is 16.3. The average Bonchev–Trinajstić information content (AvgIpc) is 2.65. The van der Waals surface area contributed by atoms with Gasteiger partial charge in [0.2, 0.25) is 15.9 Å². The molecular weight excluding hydrogens is 435 g/mol. The summed E-state index contributed by atoms with van der Waals surface area (Å²) < 4.78 is 38.3. The molecule has 0 radical (unpaired) electrons. The summed E-state index contributed by atoms with van der Waals surface area (Å²) in [7, 11) is -3.64. The zero-order valence-corrected chi connectivity index (χ0v) is 18.7. The minimum Gasteiger partial charge on any atom is -0.354 e. The van der Waals surface area contributed by atoms with E-state index in [-0.39, 0.29) is 18.3 Å². The minimum atomic E-state index is -3.64. The minimum absolute atomic E-state index is 0.252. The molecule has 0 unspecified atom stereocenters. The van der Waals surface area contributed by atoms with E-state index in [1.807, 2.05) is 0 Å². The van der Waals surface area contributed by atoms with E-state index in [9.17, 15) is 17.6 Å². The van der Waals surface area contributed by atoms with Crippen LogP contribution >= 0.6 is 23.4 Å². The van der Waals surface area contributed by atoms with E-state index in [1.54, 1.807) is 43.0 Å². The summed E-state index contributed by atoms with van der Waals surface area (Å²) in [6.45, 7) is 1.91. The van der Waals surface area contributed by atoms with Crippen molar-refractivity contribution in [3.8, 4) is 0 Å². The van der Waals surface area contributed by atoms with Gasteiger partial charge >= 0.3 is 0 Å². The Morgan fingerprint density at radius 2 is 1.90 bits per heavy atom. The van der Waals surface area contributed by atoms with Crippen LogP contribution in [0.25, 0.3) is 0 Å². The van der Waals surface area contributed by atoms with Gasteiger partial charge in [0.1, 0.15) is 12.4 Å². The van der Waals surface area contributed by atoms with Crippen LogP contribution in [0.1, 0.15) is 17.5 Å². The number of nitrogens with zero attached hydrogens (tertiary/aromatic N) is 1. The molecule has 5 nitrogen and oxygen atoms in total. The number of benzene rings is 2. The van der Waals surface area contributed by atoms with Crippen LogP contribution in [0.3, 0.4) is 0 Å². The van der Waals surface area contributed by atoms with Gasteiger partial charge < -0.3 is 5.32 Å². The van der Waals surface area contributed by atoms with Crippen molar-refractivity contribution >= 4 is 45.0 Å². The fraction of sp³-hybridized carbons (Fsp3) is 0.350. The van der Waals surface area contributed by atoms with Gasteiger partial charge in [0, 0.05) is 17.3 Å². The number of aryl methyl sites for hydroxylation is 1. The fourth-order valence-electron chi connectivity index (χ4n) is 2.59. The normalized spacial score (nSPS) is 11.3. The van der Waals surface area contributed by atoms with Crippen LogP contribution in [0.2, 0.25) is 5.02 Å². The maximum Gasteiger partial charge on any atom is 0.240 e. The molecule has 1 N–H and O–H groups in total. The van der Waals surface area contributed by atoms with Crippen molar-refractivity contribution in [2.24, 2.45) is 0 Å². The lowest BCUT2D eigenvalue weighted by Gasteiger charge is -2.23. The molecule has 0 aliphatic heterocycles. The molecule has 0 aliphatic rings. The highest BCUT2D eigenvalue weighted by molar-refractivity contribution is 7.98. The molecule has 0 spiro atoms. The van der Waals surface area contributed by atoms with Gasteiger partial charge in [-0.2, -0.15) is 11.8 Å². The van der Waals surface area contributed by atoms with Gasteiger partial charge in [-0.15, -0.1) is 0 Å². The Kier molecular flexibility index (Phi) is 8.79. The molecule has 1 amide bonds. The number of carbonyl (C=O) groups is 1. The summed E-state index contributed by atoms with van der Waals surface area (Å²) >= 11 is 7.68. The van der Waals surface area contributed by atoms with Gasteiger partial charge in [-0.3, -0.25) is 9.10 Å². The van der Waals surface area contributed by atoms with Crippen LogP contribution in [-0.2, 0) is 20.6 Å². The Bertz CT molecular complexity index is 937. The number of hydrogen-bond donors (Lipinski definition) is 1. The molecular formula is C20H24ClFN2O3S2. The van der Waals surface area contributed by atoms with Crippen molar-refractivity contribution in [3.63, 3.8) is 0 Å². The number of carbonyl (C=O) groups excluding carboxylic acids is 1. The SMILES string of the molecule is Cc1ccc(Cl)cc1N(CC(=O)NCCCSCc1ccc(F)cc1)S(C)(=O)=O. The van der Waals surface area contributed by atoms with Gasteiger partial charge in [0.15, 0.2) is 0 Å².